The van der Waals surface area contributed by atoms with E-state index in [2.05, 4.69) is 20.1 Å². The van der Waals surface area contributed by atoms with Crippen molar-refractivity contribution < 1.29 is 13.5 Å². The maximum Gasteiger partial charge on any atom is 0.282 e. The molecule has 5 nitrogen and oxygen atoms in total. The predicted molar refractivity (Wildman–Crippen MR) is 87.9 cm³/mol. The summed E-state index contributed by atoms with van der Waals surface area (Å²) >= 11 is 1.47. The minimum Gasteiger partial charge on any atom is -0.380 e. The van der Waals surface area contributed by atoms with Gasteiger partial charge in [0.25, 0.3) is 6.43 Å². The highest BCUT2D eigenvalue weighted by Gasteiger charge is 2.49. The lowest BCUT2D eigenvalue weighted by Gasteiger charge is -2.55. The van der Waals surface area contributed by atoms with Crippen molar-refractivity contribution in [2.24, 2.45) is 5.41 Å². The molecule has 0 saturated carbocycles. The van der Waals surface area contributed by atoms with Gasteiger partial charge >= 0.3 is 0 Å². The van der Waals surface area contributed by atoms with E-state index in [9.17, 15) is 8.78 Å². The minimum atomic E-state index is -2.62. The first-order valence-electron chi connectivity index (χ1n) is 7.73. The molecule has 3 aromatic heterocycles. The Morgan fingerprint density at radius 3 is 2.75 bits per heavy atom. The van der Waals surface area contributed by atoms with Gasteiger partial charge in [-0.15, -0.1) is 21.5 Å². The molecule has 0 aliphatic carbocycles. The second-order valence-electron chi connectivity index (χ2n) is 6.65. The van der Waals surface area contributed by atoms with Crippen molar-refractivity contribution in [3.63, 3.8) is 0 Å². The van der Waals surface area contributed by atoms with Crippen molar-refractivity contribution in [2.45, 2.75) is 13.3 Å². The van der Waals surface area contributed by atoms with E-state index in [0.29, 0.717) is 15.8 Å². The summed E-state index contributed by atoms with van der Waals surface area (Å²) in [6.07, 6.45) is -0.874. The summed E-state index contributed by atoms with van der Waals surface area (Å²) in [7, 11) is 0. The molecular weight excluding hydrogens is 334 g/mol. The Balaban J connectivity index is 1.67. The number of fused-ring (bicyclic) bond motifs is 3. The van der Waals surface area contributed by atoms with Gasteiger partial charge in [-0.1, -0.05) is 0 Å². The van der Waals surface area contributed by atoms with Crippen LogP contribution in [-0.4, -0.2) is 41.5 Å². The average molecular weight is 348 g/mol. The maximum absolute atomic E-state index is 13.1. The van der Waals surface area contributed by atoms with Gasteiger partial charge in [0.1, 0.15) is 16.3 Å². The number of anilines is 1. The van der Waals surface area contributed by atoms with E-state index in [1.807, 2.05) is 6.07 Å². The van der Waals surface area contributed by atoms with E-state index in [1.165, 1.54) is 11.3 Å². The normalized spacial score (nSPS) is 19.2. The summed E-state index contributed by atoms with van der Waals surface area (Å²) in [4.78, 5) is 7.45. The molecule has 2 fully saturated rings. The molecule has 124 valence electrons. The SMILES string of the molecule is Cc1c(C(F)F)nnc2sc3c(N4CC5(COC5)C4)nccc3c12. The zero-order valence-corrected chi connectivity index (χ0v) is 13.7. The van der Waals surface area contributed by atoms with Crippen LogP contribution in [0.25, 0.3) is 20.3 Å². The van der Waals surface area contributed by atoms with Crippen LogP contribution in [-0.2, 0) is 4.74 Å². The lowest BCUT2D eigenvalue weighted by atomic mass is 9.78. The van der Waals surface area contributed by atoms with Crippen LogP contribution in [0.3, 0.4) is 0 Å². The molecule has 0 atom stereocenters. The summed E-state index contributed by atoms with van der Waals surface area (Å²) in [5, 5.41) is 9.44. The molecule has 0 radical (unpaired) electrons. The molecule has 0 bridgehead atoms. The maximum atomic E-state index is 13.1. The minimum absolute atomic E-state index is 0.241. The Morgan fingerprint density at radius 1 is 1.29 bits per heavy atom. The van der Waals surface area contributed by atoms with E-state index < -0.39 is 6.43 Å². The smallest absolute Gasteiger partial charge is 0.282 e. The van der Waals surface area contributed by atoms with Crippen molar-refractivity contribution in [1.82, 2.24) is 15.2 Å². The molecule has 0 aromatic carbocycles. The number of hydrogen-bond acceptors (Lipinski definition) is 6. The molecule has 2 saturated heterocycles. The third kappa shape index (κ3) is 1.83. The van der Waals surface area contributed by atoms with E-state index in [0.717, 1.165) is 47.6 Å². The van der Waals surface area contributed by atoms with Crippen molar-refractivity contribution in [2.75, 3.05) is 31.2 Å². The fraction of sp³-hybridized carbons (Fsp3) is 0.438. The quantitative estimate of drug-likeness (QED) is 0.711. The molecule has 8 heteroatoms. The predicted octanol–water partition coefficient (Wildman–Crippen LogP) is 3.32. The number of aromatic nitrogens is 3. The summed E-state index contributed by atoms with van der Waals surface area (Å²) in [6.45, 7) is 5.18. The highest BCUT2D eigenvalue weighted by molar-refractivity contribution is 7.26. The number of ether oxygens (including phenoxy) is 1. The van der Waals surface area contributed by atoms with Crippen LogP contribution >= 0.6 is 11.3 Å². The average Bonchev–Trinajstić information content (AvgIpc) is 2.84. The monoisotopic (exact) mass is 348 g/mol. The van der Waals surface area contributed by atoms with Crippen molar-refractivity contribution in [3.8, 4) is 0 Å². The Hall–Kier alpha value is -1.93. The fourth-order valence-corrected chi connectivity index (χ4v) is 4.85. The van der Waals surface area contributed by atoms with Gasteiger partial charge in [0.15, 0.2) is 0 Å². The lowest BCUT2D eigenvalue weighted by Crippen LogP contribution is -2.66. The zero-order valence-electron chi connectivity index (χ0n) is 12.9. The third-order valence-electron chi connectivity index (χ3n) is 4.95. The van der Waals surface area contributed by atoms with E-state index >= 15 is 0 Å². The Labute approximate surface area is 140 Å². The van der Waals surface area contributed by atoms with Gasteiger partial charge < -0.3 is 9.64 Å². The Kier molecular flexibility index (Phi) is 2.88. The largest absolute Gasteiger partial charge is 0.380 e. The topological polar surface area (TPSA) is 51.1 Å². The molecule has 24 heavy (non-hydrogen) atoms. The van der Waals surface area contributed by atoms with Crippen LogP contribution in [0.1, 0.15) is 17.7 Å². The Bertz CT molecular complexity index is 962. The zero-order chi connectivity index (χ0) is 16.5. The number of nitrogens with zero attached hydrogens (tertiary/aromatic N) is 4. The van der Waals surface area contributed by atoms with Crippen LogP contribution in [0.2, 0.25) is 0 Å². The van der Waals surface area contributed by atoms with Crippen LogP contribution in [0, 0.1) is 12.3 Å². The molecule has 0 amide bonds. The molecule has 0 unspecified atom stereocenters. The Morgan fingerprint density at radius 2 is 2.08 bits per heavy atom. The highest BCUT2D eigenvalue weighted by Crippen LogP contribution is 2.45. The standard InChI is InChI=1S/C16H14F2N4OS/c1-8-10-9-2-3-19-14(22-4-16(5-22)6-23-7-16)12(9)24-15(10)21-20-11(8)13(17)18/h2-3,13H,4-7H2,1H3. The van der Waals surface area contributed by atoms with E-state index in [-0.39, 0.29) is 5.69 Å². The summed E-state index contributed by atoms with van der Waals surface area (Å²) in [5.74, 6) is 0.908. The van der Waals surface area contributed by atoms with Gasteiger partial charge in [-0.25, -0.2) is 13.8 Å². The van der Waals surface area contributed by atoms with Crippen LogP contribution in [0.5, 0.6) is 0 Å². The number of rotatable bonds is 2. The van der Waals surface area contributed by atoms with Gasteiger partial charge in [-0.05, 0) is 18.6 Å². The summed E-state index contributed by atoms with van der Waals surface area (Å²) in [6, 6.07) is 1.88. The molecule has 2 aliphatic heterocycles. The van der Waals surface area contributed by atoms with Crippen molar-refractivity contribution in [1.29, 1.82) is 0 Å². The first kappa shape index (κ1) is 14.4. The van der Waals surface area contributed by atoms with Crippen LogP contribution in [0.15, 0.2) is 12.3 Å². The molecule has 3 aromatic rings. The van der Waals surface area contributed by atoms with Gasteiger partial charge in [0, 0.05) is 30.1 Å². The number of alkyl halides is 2. The van der Waals surface area contributed by atoms with Gasteiger partial charge in [0.2, 0.25) is 0 Å². The second-order valence-corrected chi connectivity index (χ2v) is 7.65. The lowest BCUT2D eigenvalue weighted by molar-refractivity contribution is -0.127. The van der Waals surface area contributed by atoms with Crippen LogP contribution < -0.4 is 4.90 Å². The molecule has 0 N–H and O–H groups in total. The van der Waals surface area contributed by atoms with E-state index in [1.54, 1.807) is 13.1 Å². The number of halogens is 2. The van der Waals surface area contributed by atoms with Gasteiger partial charge in [-0.2, -0.15) is 0 Å². The second kappa shape index (κ2) is 4.80. The number of pyridine rings is 1. The number of aryl methyl sites for hydroxylation is 1. The van der Waals surface area contributed by atoms with Gasteiger partial charge in [0.05, 0.1) is 23.3 Å². The van der Waals surface area contributed by atoms with Gasteiger partial charge in [-0.3, -0.25) is 0 Å². The number of hydrogen-bond donors (Lipinski definition) is 0. The first-order valence-corrected chi connectivity index (χ1v) is 8.55. The molecule has 5 heterocycles. The molecule has 5 rings (SSSR count). The van der Waals surface area contributed by atoms with E-state index in [4.69, 9.17) is 4.74 Å². The highest BCUT2D eigenvalue weighted by atomic mass is 32.1. The molecule has 2 aliphatic rings. The van der Waals surface area contributed by atoms with Crippen molar-refractivity contribution >= 4 is 37.5 Å². The summed E-state index contributed by atoms with van der Waals surface area (Å²) < 4.78 is 32.6. The fourth-order valence-electron chi connectivity index (χ4n) is 3.65. The first-order chi connectivity index (χ1) is 11.6. The number of thiophene rings is 1. The van der Waals surface area contributed by atoms with Crippen molar-refractivity contribution in [3.05, 3.63) is 23.5 Å². The molecule has 1 spiro atoms. The summed E-state index contributed by atoms with van der Waals surface area (Å²) in [5.41, 5.74) is 0.556. The third-order valence-corrected chi connectivity index (χ3v) is 6.04. The van der Waals surface area contributed by atoms with Crippen LogP contribution in [0.4, 0.5) is 14.6 Å². The molecular formula is C16H14F2N4OS.